The molecule has 0 aliphatic carbocycles. The van der Waals surface area contributed by atoms with E-state index in [1.807, 2.05) is 30.9 Å². The lowest BCUT2D eigenvalue weighted by Crippen LogP contribution is -2.47. The standard InChI is InChI=1S/C26H34FN5O3/c1-19(2)26(34)32(17-22-5-3-16-35-22)18-25(33)31-13-4-12-30(14-15-31)24-11-10-23(28-29-24)20-6-8-21(27)9-7-20/h6-11,19,22H,3-5,12-18H2,1-2H3/t22-/m0/s1. The van der Waals surface area contributed by atoms with E-state index in [0.29, 0.717) is 31.9 Å². The zero-order chi connectivity index (χ0) is 24.8. The molecule has 1 atom stereocenters. The Bertz CT molecular complexity index is 993. The Labute approximate surface area is 206 Å². The number of anilines is 1. The first-order chi connectivity index (χ1) is 16.9. The van der Waals surface area contributed by atoms with Gasteiger partial charge in [0.1, 0.15) is 5.82 Å². The lowest BCUT2D eigenvalue weighted by molar-refractivity contribution is -0.143. The lowest BCUT2D eigenvalue weighted by atomic mass is 10.1. The predicted molar refractivity (Wildman–Crippen MR) is 131 cm³/mol. The Morgan fingerprint density at radius 2 is 1.86 bits per heavy atom. The van der Waals surface area contributed by atoms with E-state index in [2.05, 4.69) is 15.1 Å². The summed E-state index contributed by atoms with van der Waals surface area (Å²) in [6.45, 7) is 7.60. The summed E-state index contributed by atoms with van der Waals surface area (Å²) in [5, 5.41) is 8.68. The molecule has 0 radical (unpaired) electrons. The van der Waals surface area contributed by atoms with E-state index in [-0.39, 0.29) is 36.2 Å². The Morgan fingerprint density at radius 3 is 2.51 bits per heavy atom. The van der Waals surface area contributed by atoms with Crippen LogP contribution in [0.1, 0.15) is 33.1 Å². The van der Waals surface area contributed by atoms with Gasteiger partial charge in [0.15, 0.2) is 5.82 Å². The van der Waals surface area contributed by atoms with Gasteiger partial charge in [0.25, 0.3) is 0 Å². The van der Waals surface area contributed by atoms with Gasteiger partial charge in [-0.3, -0.25) is 9.59 Å². The van der Waals surface area contributed by atoms with Gasteiger partial charge in [0, 0.05) is 50.8 Å². The van der Waals surface area contributed by atoms with Gasteiger partial charge in [0.05, 0.1) is 18.3 Å². The molecule has 0 N–H and O–H groups in total. The van der Waals surface area contributed by atoms with Crippen molar-refractivity contribution in [3.05, 3.63) is 42.2 Å². The number of nitrogens with zero attached hydrogens (tertiary/aromatic N) is 5. The van der Waals surface area contributed by atoms with Crippen molar-refractivity contribution in [1.82, 2.24) is 20.0 Å². The first-order valence-electron chi connectivity index (χ1n) is 12.4. The number of aromatic nitrogens is 2. The van der Waals surface area contributed by atoms with E-state index in [1.54, 1.807) is 17.0 Å². The fourth-order valence-corrected chi connectivity index (χ4v) is 4.56. The van der Waals surface area contributed by atoms with E-state index >= 15 is 0 Å². The molecule has 0 spiro atoms. The fraction of sp³-hybridized carbons (Fsp3) is 0.538. The fourth-order valence-electron chi connectivity index (χ4n) is 4.56. The second-order valence-corrected chi connectivity index (χ2v) is 9.51. The molecular formula is C26H34FN5O3. The Kier molecular flexibility index (Phi) is 8.28. The van der Waals surface area contributed by atoms with Crippen molar-refractivity contribution in [3.63, 3.8) is 0 Å². The van der Waals surface area contributed by atoms with Crippen LogP contribution in [0.15, 0.2) is 36.4 Å². The highest BCUT2D eigenvalue weighted by Gasteiger charge is 2.28. The Balaban J connectivity index is 1.35. The number of carbonyl (C=O) groups excluding carboxylic acids is 2. The van der Waals surface area contributed by atoms with Crippen LogP contribution in [-0.4, -0.2) is 83.8 Å². The average molecular weight is 484 g/mol. The maximum absolute atomic E-state index is 13.2. The summed E-state index contributed by atoms with van der Waals surface area (Å²) >= 11 is 0. The number of amides is 2. The summed E-state index contributed by atoms with van der Waals surface area (Å²) in [6.07, 6.45) is 2.74. The third-order valence-electron chi connectivity index (χ3n) is 6.54. The van der Waals surface area contributed by atoms with Gasteiger partial charge in [-0.2, -0.15) is 0 Å². The van der Waals surface area contributed by atoms with Crippen molar-refractivity contribution in [2.75, 3.05) is 50.8 Å². The smallest absolute Gasteiger partial charge is 0.242 e. The molecular weight excluding hydrogens is 449 g/mol. The SMILES string of the molecule is CC(C)C(=O)N(CC(=O)N1CCCN(c2ccc(-c3ccc(F)cc3)nn2)CC1)C[C@@H]1CCCO1. The highest BCUT2D eigenvalue weighted by molar-refractivity contribution is 5.85. The highest BCUT2D eigenvalue weighted by atomic mass is 19.1. The van der Waals surface area contributed by atoms with Crippen LogP contribution in [0.5, 0.6) is 0 Å². The van der Waals surface area contributed by atoms with Gasteiger partial charge < -0.3 is 19.4 Å². The zero-order valence-electron chi connectivity index (χ0n) is 20.5. The van der Waals surface area contributed by atoms with Crippen LogP contribution in [0.4, 0.5) is 10.2 Å². The van der Waals surface area contributed by atoms with Gasteiger partial charge in [-0.1, -0.05) is 13.8 Å². The van der Waals surface area contributed by atoms with Crippen LogP contribution in [-0.2, 0) is 14.3 Å². The normalized spacial score (nSPS) is 18.6. The van der Waals surface area contributed by atoms with E-state index in [4.69, 9.17) is 4.74 Å². The molecule has 0 unspecified atom stereocenters. The van der Waals surface area contributed by atoms with Gasteiger partial charge in [0.2, 0.25) is 11.8 Å². The molecule has 2 fully saturated rings. The van der Waals surface area contributed by atoms with Crippen molar-refractivity contribution in [3.8, 4) is 11.3 Å². The first-order valence-corrected chi connectivity index (χ1v) is 12.4. The molecule has 8 nitrogen and oxygen atoms in total. The second kappa shape index (κ2) is 11.6. The monoisotopic (exact) mass is 483 g/mol. The van der Waals surface area contributed by atoms with Gasteiger partial charge in [-0.05, 0) is 55.7 Å². The number of benzene rings is 1. The molecule has 2 aliphatic rings. The molecule has 2 saturated heterocycles. The molecule has 2 aromatic rings. The number of rotatable bonds is 7. The molecule has 0 bridgehead atoms. The predicted octanol–water partition coefficient (Wildman–Crippen LogP) is 2.99. The summed E-state index contributed by atoms with van der Waals surface area (Å²) in [5.41, 5.74) is 1.49. The highest BCUT2D eigenvalue weighted by Crippen LogP contribution is 2.20. The summed E-state index contributed by atoms with van der Waals surface area (Å²) in [5.74, 6) is 0.254. The maximum atomic E-state index is 13.2. The molecule has 1 aromatic heterocycles. The molecule has 2 amide bonds. The minimum atomic E-state index is -0.287. The van der Waals surface area contributed by atoms with E-state index in [9.17, 15) is 14.0 Å². The van der Waals surface area contributed by atoms with Crippen LogP contribution < -0.4 is 4.90 Å². The Morgan fingerprint density at radius 1 is 1.06 bits per heavy atom. The lowest BCUT2D eigenvalue weighted by Gasteiger charge is -2.29. The van der Waals surface area contributed by atoms with Crippen LogP contribution in [0.25, 0.3) is 11.3 Å². The summed E-state index contributed by atoms with van der Waals surface area (Å²) in [4.78, 5) is 31.5. The molecule has 1 aromatic carbocycles. The van der Waals surface area contributed by atoms with Crippen molar-refractivity contribution in [1.29, 1.82) is 0 Å². The molecule has 3 heterocycles. The number of hydrogen-bond acceptors (Lipinski definition) is 6. The van der Waals surface area contributed by atoms with Crippen molar-refractivity contribution in [2.45, 2.75) is 39.2 Å². The van der Waals surface area contributed by atoms with E-state index in [1.165, 1.54) is 12.1 Å². The minimum Gasteiger partial charge on any atom is -0.376 e. The molecule has 9 heteroatoms. The molecule has 188 valence electrons. The number of halogens is 1. The van der Waals surface area contributed by atoms with Gasteiger partial charge in [-0.15, -0.1) is 10.2 Å². The third kappa shape index (κ3) is 6.54. The molecule has 0 saturated carbocycles. The van der Waals surface area contributed by atoms with Gasteiger partial charge >= 0.3 is 0 Å². The van der Waals surface area contributed by atoms with Crippen molar-refractivity contribution >= 4 is 17.6 Å². The zero-order valence-corrected chi connectivity index (χ0v) is 20.5. The number of ether oxygens (including phenoxy) is 1. The summed E-state index contributed by atoms with van der Waals surface area (Å²) in [7, 11) is 0. The maximum Gasteiger partial charge on any atom is 0.242 e. The second-order valence-electron chi connectivity index (χ2n) is 9.51. The average Bonchev–Trinajstić information content (AvgIpc) is 3.25. The topological polar surface area (TPSA) is 78.9 Å². The molecule has 2 aliphatic heterocycles. The van der Waals surface area contributed by atoms with E-state index in [0.717, 1.165) is 43.8 Å². The summed E-state index contributed by atoms with van der Waals surface area (Å²) in [6, 6.07) is 9.96. The third-order valence-corrected chi connectivity index (χ3v) is 6.54. The van der Waals surface area contributed by atoms with E-state index < -0.39 is 0 Å². The van der Waals surface area contributed by atoms with Crippen LogP contribution in [0, 0.1) is 11.7 Å². The van der Waals surface area contributed by atoms with Crippen LogP contribution in [0.2, 0.25) is 0 Å². The summed E-state index contributed by atoms with van der Waals surface area (Å²) < 4.78 is 18.9. The minimum absolute atomic E-state index is 0.0122. The quantitative estimate of drug-likeness (QED) is 0.603. The van der Waals surface area contributed by atoms with Crippen molar-refractivity contribution < 1.29 is 18.7 Å². The molecule has 35 heavy (non-hydrogen) atoms. The van der Waals surface area contributed by atoms with Crippen LogP contribution in [0.3, 0.4) is 0 Å². The largest absolute Gasteiger partial charge is 0.376 e. The number of hydrogen-bond donors (Lipinski definition) is 0. The first kappa shape index (κ1) is 25.0. The van der Waals surface area contributed by atoms with Gasteiger partial charge in [-0.25, -0.2) is 4.39 Å². The number of carbonyl (C=O) groups is 2. The van der Waals surface area contributed by atoms with Crippen LogP contribution >= 0.6 is 0 Å². The Hall–Kier alpha value is -3.07. The van der Waals surface area contributed by atoms with Crippen molar-refractivity contribution in [2.24, 2.45) is 5.92 Å². The molecule has 4 rings (SSSR count).